The Morgan fingerprint density at radius 1 is 1.30 bits per heavy atom. The molecule has 4 N–H and O–H groups in total. The van der Waals surface area contributed by atoms with Crippen LogP contribution in [0.15, 0.2) is 23.1 Å². The minimum Gasteiger partial charge on any atom is -0.399 e. The minimum atomic E-state index is -3.72. The molecule has 1 aromatic carbocycles. The van der Waals surface area contributed by atoms with E-state index in [9.17, 15) is 8.42 Å². The van der Waals surface area contributed by atoms with Gasteiger partial charge in [0.2, 0.25) is 10.0 Å². The summed E-state index contributed by atoms with van der Waals surface area (Å²) in [6, 6.07) is 5.37. The second-order valence-corrected chi connectivity index (χ2v) is 7.47. The zero-order chi connectivity index (χ0) is 14.9. The number of sulfonamides is 1. The van der Waals surface area contributed by atoms with Gasteiger partial charge in [0.25, 0.3) is 0 Å². The lowest BCUT2D eigenvalue weighted by Gasteiger charge is -2.26. The summed E-state index contributed by atoms with van der Waals surface area (Å²) < 4.78 is 23.0. The van der Waals surface area contributed by atoms with E-state index in [-0.39, 0.29) is 4.90 Å². The molecule has 1 fully saturated rings. The third kappa shape index (κ3) is 3.86. The van der Waals surface area contributed by atoms with E-state index in [1.54, 1.807) is 6.07 Å². The molecule has 0 amide bonds. The number of nitrogens with two attached hydrogens (primary N) is 2. The number of nitrogen functional groups attached to an aromatic ring is 1. The lowest BCUT2D eigenvalue weighted by atomic mass is 10.1. The van der Waals surface area contributed by atoms with Crippen LogP contribution in [0.25, 0.3) is 0 Å². The Balaban J connectivity index is 2.31. The van der Waals surface area contributed by atoms with Crippen LogP contribution in [0.5, 0.6) is 0 Å². The van der Waals surface area contributed by atoms with Crippen molar-refractivity contribution in [3.05, 3.63) is 18.2 Å². The van der Waals surface area contributed by atoms with Crippen molar-refractivity contribution in [3.8, 4) is 0 Å². The average molecular weight is 297 g/mol. The molecule has 1 aromatic rings. The fraction of sp³-hybridized carbons (Fsp3) is 0.571. The van der Waals surface area contributed by atoms with E-state index in [0.29, 0.717) is 17.6 Å². The van der Waals surface area contributed by atoms with Crippen LogP contribution in [-0.2, 0) is 10.0 Å². The number of hydrogen-bond donors (Lipinski definition) is 2. The molecule has 20 heavy (non-hydrogen) atoms. The summed E-state index contributed by atoms with van der Waals surface area (Å²) in [5.41, 5.74) is 7.11. The van der Waals surface area contributed by atoms with Gasteiger partial charge in [0.05, 0.1) is 4.90 Å². The Morgan fingerprint density at radius 2 is 1.95 bits per heavy atom. The van der Waals surface area contributed by atoms with E-state index in [2.05, 4.69) is 18.7 Å². The van der Waals surface area contributed by atoms with Gasteiger partial charge in [-0.3, -0.25) is 0 Å². The van der Waals surface area contributed by atoms with E-state index < -0.39 is 10.0 Å². The molecule has 1 saturated carbocycles. The van der Waals surface area contributed by atoms with Gasteiger partial charge < -0.3 is 10.6 Å². The monoisotopic (exact) mass is 297 g/mol. The molecule has 2 rings (SSSR count). The standard InChI is InChI=1S/C14H23N3O2S/c1-10(2)5-6-17(12-3-4-12)13-7-11(15)8-14(9-13)20(16,18)19/h7-10,12H,3-6,15H2,1-2H3,(H2,16,18,19). The summed E-state index contributed by atoms with van der Waals surface area (Å²) in [5.74, 6) is 0.607. The molecule has 6 heteroatoms. The average Bonchev–Trinajstić information content (AvgIpc) is 3.11. The topological polar surface area (TPSA) is 89.4 Å². The number of benzene rings is 1. The summed E-state index contributed by atoms with van der Waals surface area (Å²) in [6.07, 6.45) is 3.37. The summed E-state index contributed by atoms with van der Waals surface area (Å²) in [4.78, 5) is 2.34. The van der Waals surface area contributed by atoms with Crippen molar-refractivity contribution in [3.63, 3.8) is 0 Å². The molecule has 0 bridgehead atoms. The first-order chi connectivity index (χ1) is 9.27. The molecule has 0 unspecified atom stereocenters. The Bertz CT molecular complexity index is 580. The van der Waals surface area contributed by atoms with Crippen molar-refractivity contribution in [1.29, 1.82) is 0 Å². The molecule has 0 spiro atoms. The van der Waals surface area contributed by atoms with Crippen LogP contribution in [-0.4, -0.2) is 21.0 Å². The Morgan fingerprint density at radius 3 is 2.45 bits per heavy atom. The molecule has 0 saturated heterocycles. The third-order valence-electron chi connectivity index (χ3n) is 3.51. The molecule has 0 aliphatic heterocycles. The fourth-order valence-corrected chi connectivity index (χ4v) is 2.83. The van der Waals surface area contributed by atoms with E-state index in [1.807, 2.05) is 6.07 Å². The summed E-state index contributed by atoms with van der Waals surface area (Å²) >= 11 is 0. The maximum Gasteiger partial charge on any atom is 0.238 e. The highest BCUT2D eigenvalue weighted by Crippen LogP contribution is 2.34. The van der Waals surface area contributed by atoms with Gasteiger partial charge in [-0.1, -0.05) is 13.8 Å². The molecule has 5 nitrogen and oxygen atoms in total. The summed E-state index contributed by atoms with van der Waals surface area (Å²) in [6.45, 7) is 5.27. The van der Waals surface area contributed by atoms with Crippen LogP contribution in [0.3, 0.4) is 0 Å². The quantitative estimate of drug-likeness (QED) is 0.785. The highest BCUT2D eigenvalue weighted by molar-refractivity contribution is 7.89. The number of nitrogens with zero attached hydrogens (tertiary/aromatic N) is 1. The van der Waals surface area contributed by atoms with Gasteiger partial charge >= 0.3 is 0 Å². The lowest BCUT2D eigenvalue weighted by molar-refractivity contribution is 0.570. The van der Waals surface area contributed by atoms with Crippen LogP contribution in [0, 0.1) is 5.92 Å². The number of anilines is 2. The van der Waals surface area contributed by atoms with Gasteiger partial charge in [-0.15, -0.1) is 0 Å². The van der Waals surface area contributed by atoms with E-state index in [4.69, 9.17) is 10.9 Å². The van der Waals surface area contributed by atoms with Gasteiger partial charge in [-0.2, -0.15) is 0 Å². The van der Waals surface area contributed by atoms with Crippen molar-refractivity contribution in [1.82, 2.24) is 0 Å². The third-order valence-corrected chi connectivity index (χ3v) is 4.40. The van der Waals surface area contributed by atoms with Crippen LogP contribution >= 0.6 is 0 Å². The first kappa shape index (κ1) is 15.1. The molecule has 0 heterocycles. The van der Waals surface area contributed by atoms with Crippen LogP contribution in [0.2, 0.25) is 0 Å². The van der Waals surface area contributed by atoms with Crippen molar-refractivity contribution >= 4 is 21.4 Å². The maximum atomic E-state index is 11.5. The zero-order valence-electron chi connectivity index (χ0n) is 12.0. The fourth-order valence-electron chi connectivity index (χ4n) is 2.24. The smallest absolute Gasteiger partial charge is 0.238 e. The van der Waals surface area contributed by atoms with Crippen LogP contribution < -0.4 is 15.8 Å². The number of rotatable bonds is 6. The van der Waals surface area contributed by atoms with E-state index >= 15 is 0 Å². The van der Waals surface area contributed by atoms with Gasteiger partial charge in [-0.25, -0.2) is 13.6 Å². The molecule has 0 atom stereocenters. The largest absolute Gasteiger partial charge is 0.399 e. The number of hydrogen-bond acceptors (Lipinski definition) is 4. The predicted octanol–water partition coefficient (Wildman–Crippen LogP) is 1.93. The van der Waals surface area contributed by atoms with E-state index in [1.165, 1.54) is 6.07 Å². The Hall–Kier alpha value is -1.27. The van der Waals surface area contributed by atoms with Crippen molar-refractivity contribution < 1.29 is 8.42 Å². The minimum absolute atomic E-state index is 0.0858. The summed E-state index contributed by atoms with van der Waals surface area (Å²) in [5, 5.41) is 5.21. The zero-order valence-corrected chi connectivity index (χ0v) is 12.9. The molecule has 1 aliphatic carbocycles. The van der Waals surface area contributed by atoms with Gasteiger partial charge in [0.1, 0.15) is 0 Å². The lowest BCUT2D eigenvalue weighted by Crippen LogP contribution is -2.28. The number of primary sulfonamides is 1. The molecular weight excluding hydrogens is 274 g/mol. The molecule has 112 valence electrons. The van der Waals surface area contributed by atoms with Crippen molar-refractivity contribution in [2.75, 3.05) is 17.2 Å². The van der Waals surface area contributed by atoms with Gasteiger partial charge in [0, 0.05) is 24.0 Å². The molecular formula is C14H23N3O2S. The normalized spacial score (nSPS) is 15.6. The van der Waals surface area contributed by atoms with Crippen LogP contribution in [0.4, 0.5) is 11.4 Å². The van der Waals surface area contributed by atoms with Crippen LogP contribution in [0.1, 0.15) is 33.1 Å². The highest BCUT2D eigenvalue weighted by atomic mass is 32.2. The van der Waals surface area contributed by atoms with Crippen molar-refractivity contribution in [2.45, 2.75) is 44.0 Å². The SMILES string of the molecule is CC(C)CCN(c1cc(N)cc(S(N)(=O)=O)c1)C1CC1. The van der Waals surface area contributed by atoms with Gasteiger partial charge in [-0.05, 0) is 43.4 Å². The Kier molecular flexibility index (Phi) is 4.25. The summed E-state index contributed by atoms with van der Waals surface area (Å²) in [7, 11) is -3.72. The van der Waals surface area contributed by atoms with E-state index in [0.717, 1.165) is 31.5 Å². The second kappa shape index (κ2) is 5.61. The molecule has 0 radical (unpaired) electrons. The predicted molar refractivity (Wildman–Crippen MR) is 82.1 cm³/mol. The molecule has 0 aromatic heterocycles. The Labute approximate surface area is 121 Å². The molecule has 1 aliphatic rings. The first-order valence-corrected chi connectivity index (χ1v) is 8.52. The highest BCUT2D eigenvalue weighted by Gasteiger charge is 2.29. The van der Waals surface area contributed by atoms with Gasteiger partial charge in [0.15, 0.2) is 0 Å². The maximum absolute atomic E-state index is 11.5. The first-order valence-electron chi connectivity index (χ1n) is 6.97. The second-order valence-electron chi connectivity index (χ2n) is 5.91. The van der Waals surface area contributed by atoms with Crippen molar-refractivity contribution in [2.24, 2.45) is 11.1 Å².